The van der Waals surface area contributed by atoms with Gasteiger partial charge in [0.1, 0.15) is 5.82 Å². The van der Waals surface area contributed by atoms with Crippen molar-refractivity contribution in [1.29, 1.82) is 0 Å². The van der Waals surface area contributed by atoms with Crippen LogP contribution in [-0.2, 0) is 4.74 Å². The van der Waals surface area contributed by atoms with E-state index in [4.69, 9.17) is 17.0 Å². The number of halogens is 1. The first-order valence-corrected chi connectivity index (χ1v) is 11.9. The zero-order valence-electron chi connectivity index (χ0n) is 20.1. The molecule has 2 aromatic heterocycles. The predicted octanol–water partition coefficient (Wildman–Crippen LogP) is 5.59. The van der Waals surface area contributed by atoms with Crippen LogP contribution in [0.15, 0.2) is 79.0 Å². The molecule has 0 spiro atoms. The SMILES string of the molecule is COC(=O)c1ccc(-n2c(C)cc([C@H]3[C@@H](c4ccccn4)NC(=S)N3c3ccccc3F)c2C)cc1. The normalized spacial score (nSPS) is 17.2. The first-order chi connectivity index (χ1) is 17.4. The predicted molar refractivity (Wildman–Crippen MR) is 141 cm³/mol. The summed E-state index contributed by atoms with van der Waals surface area (Å²) in [5.41, 5.74) is 5.59. The van der Waals surface area contributed by atoms with Crippen LogP contribution in [0, 0.1) is 19.7 Å². The van der Waals surface area contributed by atoms with E-state index in [1.165, 1.54) is 13.2 Å². The van der Waals surface area contributed by atoms with Crippen LogP contribution >= 0.6 is 12.2 Å². The van der Waals surface area contributed by atoms with Gasteiger partial charge in [0.2, 0.25) is 0 Å². The third kappa shape index (κ3) is 4.03. The molecule has 6 nitrogen and oxygen atoms in total. The molecule has 0 unspecified atom stereocenters. The van der Waals surface area contributed by atoms with Gasteiger partial charge in [-0.3, -0.25) is 4.98 Å². The number of nitrogens with one attached hydrogen (secondary N) is 1. The molecule has 1 saturated heterocycles. The summed E-state index contributed by atoms with van der Waals surface area (Å²) >= 11 is 5.73. The molecule has 3 heterocycles. The molecule has 8 heteroatoms. The monoisotopic (exact) mass is 500 g/mol. The lowest BCUT2D eigenvalue weighted by molar-refractivity contribution is 0.0600. The van der Waals surface area contributed by atoms with Crippen LogP contribution in [-0.4, -0.2) is 27.7 Å². The van der Waals surface area contributed by atoms with Crippen LogP contribution in [0.2, 0.25) is 0 Å². The number of methoxy groups -OCH3 is 1. The van der Waals surface area contributed by atoms with Gasteiger partial charge in [-0.25, -0.2) is 9.18 Å². The molecule has 0 saturated carbocycles. The zero-order valence-corrected chi connectivity index (χ0v) is 20.9. The van der Waals surface area contributed by atoms with Crippen molar-refractivity contribution >= 4 is 29.0 Å². The third-order valence-corrected chi connectivity index (χ3v) is 6.86. The Kier molecular flexibility index (Phi) is 6.28. The molecule has 4 aromatic rings. The number of benzene rings is 2. The number of pyridine rings is 1. The van der Waals surface area contributed by atoms with Crippen LogP contribution < -0.4 is 10.2 Å². The van der Waals surface area contributed by atoms with E-state index >= 15 is 4.39 Å². The zero-order chi connectivity index (χ0) is 25.4. The fourth-order valence-electron chi connectivity index (χ4n) is 4.93. The van der Waals surface area contributed by atoms with Crippen molar-refractivity contribution in [3.05, 3.63) is 113 Å². The second kappa shape index (κ2) is 9.54. The molecular formula is C28H25FN4O2S. The lowest BCUT2D eigenvalue weighted by Crippen LogP contribution is -2.30. The van der Waals surface area contributed by atoms with E-state index in [-0.39, 0.29) is 23.9 Å². The number of aromatic nitrogens is 2. The Balaban J connectivity index is 1.64. The average molecular weight is 501 g/mol. The second-order valence-corrected chi connectivity index (χ2v) is 9.04. The van der Waals surface area contributed by atoms with Crippen molar-refractivity contribution in [3.63, 3.8) is 0 Å². The van der Waals surface area contributed by atoms with E-state index in [1.54, 1.807) is 36.5 Å². The van der Waals surface area contributed by atoms with Crippen molar-refractivity contribution in [2.45, 2.75) is 25.9 Å². The lowest BCUT2D eigenvalue weighted by atomic mass is 9.96. The Hall–Kier alpha value is -4.04. The number of anilines is 1. The fourth-order valence-corrected chi connectivity index (χ4v) is 5.27. The molecule has 5 rings (SSSR count). The van der Waals surface area contributed by atoms with Gasteiger partial charge in [-0.15, -0.1) is 0 Å². The van der Waals surface area contributed by atoms with Gasteiger partial charge in [0, 0.05) is 23.3 Å². The number of esters is 1. The number of rotatable bonds is 5. The van der Waals surface area contributed by atoms with Gasteiger partial charge in [0.05, 0.1) is 36.1 Å². The summed E-state index contributed by atoms with van der Waals surface area (Å²) in [7, 11) is 1.36. The smallest absolute Gasteiger partial charge is 0.337 e. The minimum absolute atomic E-state index is 0.283. The second-order valence-electron chi connectivity index (χ2n) is 8.65. The molecule has 2 atom stereocenters. The highest BCUT2D eigenvalue weighted by atomic mass is 32.1. The summed E-state index contributed by atoms with van der Waals surface area (Å²) < 4.78 is 22.0. The number of nitrogens with zero attached hydrogens (tertiary/aromatic N) is 3. The number of hydrogen-bond donors (Lipinski definition) is 1. The maximum absolute atomic E-state index is 15.0. The third-order valence-electron chi connectivity index (χ3n) is 6.55. The number of thiocarbonyl (C=S) groups is 1. The molecule has 1 N–H and O–H groups in total. The highest BCUT2D eigenvalue weighted by Crippen LogP contribution is 2.44. The Morgan fingerprint density at radius 3 is 2.44 bits per heavy atom. The Bertz CT molecular complexity index is 1440. The van der Waals surface area contributed by atoms with Gasteiger partial charge in [-0.2, -0.15) is 0 Å². The molecule has 36 heavy (non-hydrogen) atoms. The fraction of sp³-hybridized carbons (Fsp3) is 0.179. The van der Waals surface area contributed by atoms with Crippen molar-refractivity contribution in [2.24, 2.45) is 0 Å². The van der Waals surface area contributed by atoms with Crippen molar-refractivity contribution in [2.75, 3.05) is 12.0 Å². The first kappa shape index (κ1) is 23.7. The molecular weight excluding hydrogens is 475 g/mol. The number of ether oxygens (including phenoxy) is 1. The minimum Gasteiger partial charge on any atom is -0.465 e. The van der Waals surface area contributed by atoms with Gasteiger partial charge >= 0.3 is 5.97 Å². The maximum Gasteiger partial charge on any atom is 0.337 e. The average Bonchev–Trinajstić information content (AvgIpc) is 3.39. The van der Waals surface area contributed by atoms with Gasteiger partial charge in [-0.05, 0) is 86.2 Å². The Labute approximate surface area is 214 Å². The largest absolute Gasteiger partial charge is 0.465 e. The van der Waals surface area contributed by atoms with E-state index in [1.807, 2.05) is 49.1 Å². The van der Waals surface area contributed by atoms with Gasteiger partial charge in [-0.1, -0.05) is 18.2 Å². The standard InChI is InChI=1S/C28H25FN4O2S/c1-17-16-21(18(2)32(17)20-13-11-19(12-14-20)27(34)35-3)26-25(23-9-6-7-15-30-23)31-28(36)33(26)24-10-5-4-8-22(24)29/h4-16,25-26H,1-3H3,(H,31,36)/t25-,26+/m1/s1. The summed E-state index contributed by atoms with van der Waals surface area (Å²) in [6.07, 6.45) is 1.75. The molecule has 0 amide bonds. The number of hydrogen-bond acceptors (Lipinski definition) is 4. The van der Waals surface area contributed by atoms with Crippen LogP contribution in [0.4, 0.5) is 10.1 Å². The molecule has 1 aliphatic rings. The van der Waals surface area contributed by atoms with Gasteiger partial charge < -0.3 is 19.5 Å². The van der Waals surface area contributed by atoms with E-state index in [9.17, 15) is 4.79 Å². The van der Waals surface area contributed by atoms with Crippen molar-refractivity contribution < 1.29 is 13.9 Å². The van der Waals surface area contributed by atoms with Crippen molar-refractivity contribution in [1.82, 2.24) is 14.9 Å². The molecule has 1 aliphatic heterocycles. The highest BCUT2D eigenvalue weighted by molar-refractivity contribution is 7.80. The van der Waals surface area contributed by atoms with Crippen LogP contribution in [0.25, 0.3) is 5.69 Å². The highest BCUT2D eigenvalue weighted by Gasteiger charge is 2.43. The summed E-state index contributed by atoms with van der Waals surface area (Å²) in [5, 5.41) is 3.82. The van der Waals surface area contributed by atoms with Gasteiger partial charge in [0.15, 0.2) is 5.11 Å². The van der Waals surface area contributed by atoms with Crippen LogP contribution in [0.3, 0.4) is 0 Å². The molecule has 0 bridgehead atoms. The van der Waals surface area contributed by atoms with Crippen LogP contribution in [0.5, 0.6) is 0 Å². The lowest BCUT2D eigenvalue weighted by Gasteiger charge is -2.28. The Morgan fingerprint density at radius 2 is 1.78 bits per heavy atom. The summed E-state index contributed by atoms with van der Waals surface area (Å²) in [6, 6.07) is 21.1. The first-order valence-electron chi connectivity index (χ1n) is 11.5. The van der Waals surface area contributed by atoms with Crippen molar-refractivity contribution in [3.8, 4) is 5.69 Å². The number of carbonyl (C=O) groups is 1. The summed E-state index contributed by atoms with van der Waals surface area (Å²) in [6.45, 7) is 4.06. The molecule has 182 valence electrons. The number of carbonyl (C=O) groups excluding carboxylic acids is 1. The van der Waals surface area contributed by atoms with E-state index in [2.05, 4.69) is 20.9 Å². The Morgan fingerprint density at radius 1 is 1.06 bits per heavy atom. The molecule has 1 fully saturated rings. The topological polar surface area (TPSA) is 59.4 Å². The van der Waals surface area contributed by atoms with E-state index in [0.29, 0.717) is 16.4 Å². The molecule has 2 aromatic carbocycles. The van der Waals surface area contributed by atoms with E-state index < -0.39 is 0 Å². The maximum atomic E-state index is 15.0. The molecule has 0 aliphatic carbocycles. The van der Waals surface area contributed by atoms with Crippen LogP contribution in [0.1, 0.15) is 45.1 Å². The van der Waals surface area contributed by atoms with E-state index in [0.717, 1.165) is 28.3 Å². The summed E-state index contributed by atoms with van der Waals surface area (Å²) in [4.78, 5) is 18.3. The summed E-state index contributed by atoms with van der Waals surface area (Å²) in [5.74, 6) is -0.729. The minimum atomic E-state index is -0.382. The molecule has 0 radical (unpaired) electrons. The number of para-hydroxylation sites is 1. The van der Waals surface area contributed by atoms with Gasteiger partial charge in [0.25, 0.3) is 0 Å². The quantitative estimate of drug-likeness (QED) is 0.285. The number of aryl methyl sites for hydroxylation is 1.